The molecule has 4 nitrogen and oxygen atoms in total. The molecular weight excluding hydrogens is 464 g/mol. The maximum atomic E-state index is 13.3. The largest absolute Gasteiger partial charge is 0.342 e. The second kappa shape index (κ2) is 14.6. The average Bonchev–Trinajstić information content (AvgIpc) is 2.89. The lowest BCUT2D eigenvalue weighted by Crippen LogP contribution is -2.36. The summed E-state index contributed by atoms with van der Waals surface area (Å²) in [4.78, 5) is 27.5. The molecule has 5 heteroatoms. The van der Waals surface area contributed by atoms with Crippen LogP contribution >= 0.6 is 11.8 Å². The maximum Gasteiger partial charge on any atom is 0.252 e. The fourth-order valence-corrected chi connectivity index (χ4v) is 5.72. The molecule has 0 saturated heterocycles. The number of amides is 1. The van der Waals surface area contributed by atoms with Gasteiger partial charge in [-0.3, -0.25) is 9.69 Å². The van der Waals surface area contributed by atoms with E-state index in [0.717, 1.165) is 47.7 Å². The fraction of sp³-hybridized carbons (Fsp3) is 0.548. The summed E-state index contributed by atoms with van der Waals surface area (Å²) in [6.07, 6.45) is 11.7. The van der Waals surface area contributed by atoms with E-state index >= 15 is 0 Å². The topological polar surface area (TPSA) is 49.4 Å². The molecule has 1 N–H and O–H groups in total. The molecule has 0 unspecified atom stereocenters. The highest BCUT2D eigenvalue weighted by Crippen LogP contribution is 2.30. The summed E-state index contributed by atoms with van der Waals surface area (Å²) >= 11 is 1.68. The number of nitrogens with zero attached hydrogens (tertiary/aromatic N) is 1. The molecule has 1 atom stereocenters. The molecule has 1 aliphatic rings. The Labute approximate surface area is 222 Å². The highest BCUT2D eigenvalue weighted by molar-refractivity contribution is 7.98. The van der Waals surface area contributed by atoms with Crippen LogP contribution in [0.15, 0.2) is 42.5 Å². The first-order chi connectivity index (χ1) is 17.4. The highest BCUT2D eigenvalue weighted by atomic mass is 32.2. The lowest BCUT2D eigenvalue weighted by molar-refractivity contribution is -0.109. The van der Waals surface area contributed by atoms with Gasteiger partial charge in [-0.05, 0) is 92.5 Å². The van der Waals surface area contributed by atoms with Crippen molar-refractivity contribution in [1.82, 2.24) is 10.2 Å². The number of hydrogen-bond acceptors (Lipinski definition) is 4. The summed E-state index contributed by atoms with van der Waals surface area (Å²) in [5, 5.41) is 2.95. The van der Waals surface area contributed by atoms with Crippen LogP contribution in [0.25, 0.3) is 11.1 Å². The van der Waals surface area contributed by atoms with Gasteiger partial charge in [0, 0.05) is 18.2 Å². The molecule has 0 bridgehead atoms. The zero-order valence-corrected chi connectivity index (χ0v) is 23.4. The van der Waals surface area contributed by atoms with Crippen LogP contribution in [0.5, 0.6) is 0 Å². The molecule has 0 aliphatic heterocycles. The molecule has 3 rings (SSSR count). The van der Waals surface area contributed by atoms with Crippen LogP contribution < -0.4 is 5.32 Å². The van der Waals surface area contributed by atoms with Crippen LogP contribution in [0.3, 0.4) is 0 Å². The summed E-state index contributed by atoms with van der Waals surface area (Å²) in [6.45, 7) is 8.62. The van der Waals surface area contributed by atoms with Gasteiger partial charge in [-0.15, -0.1) is 0 Å². The lowest BCUT2D eigenvalue weighted by atomic mass is 9.87. The van der Waals surface area contributed by atoms with E-state index in [9.17, 15) is 9.59 Å². The minimum absolute atomic E-state index is 0.184. The first-order valence-corrected chi connectivity index (χ1v) is 15.0. The SMILES string of the molecule is CSCC[C@@H](C=O)NC(=O)c1ccc(CN(CCC2CCCCC2)C(C)C)cc1-c1ccccc1C. The highest BCUT2D eigenvalue weighted by Gasteiger charge is 2.20. The molecule has 2 aromatic rings. The van der Waals surface area contributed by atoms with E-state index in [1.165, 1.54) is 44.1 Å². The molecule has 0 spiro atoms. The molecule has 1 saturated carbocycles. The van der Waals surface area contributed by atoms with Crippen molar-refractivity contribution in [2.45, 2.75) is 84.3 Å². The molecule has 1 amide bonds. The van der Waals surface area contributed by atoms with Crippen molar-refractivity contribution in [2.75, 3.05) is 18.6 Å². The summed E-state index contributed by atoms with van der Waals surface area (Å²) in [6, 6.07) is 14.4. The Morgan fingerprint density at radius 1 is 1.11 bits per heavy atom. The van der Waals surface area contributed by atoms with Crippen molar-refractivity contribution in [3.63, 3.8) is 0 Å². The number of thioether (sulfide) groups is 1. The standard InChI is InChI=1S/C31H44N2O2S/c1-23(2)33(18-16-25-11-6-5-7-12-25)21-26-14-15-29(31(35)32-27(22-34)17-19-36-4)30(20-26)28-13-9-8-10-24(28)3/h8-10,13-15,20,22-23,25,27H,5-7,11-12,16-19,21H2,1-4H3,(H,32,35)/t27-/m0/s1. The van der Waals surface area contributed by atoms with Crippen LogP contribution in [0.2, 0.25) is 0 Å². The molecule has 0 radical (unpaired) electrons. The third-order valence-corrected chi connectivity index (χ3v) is 8.19. The van der Waals surface area contributed by atoms with Crippen molar-refractivity contribution >= 4 is 24.0 Å². The smallest absolute Gasteiger partial charge is 0.252 e. The van der Waals surface area contributed by atoms with E-state index in [0.29, 0.717) is 18.0 Å². The fourth-order valence-electron chi connectivity index (χ4n) is 5.23. The van der Waals surface area contributed by atoms with Gasteiger partial charge in [-0.25, -0.2) is 0 Å². The third kappa shape index (κ3) is 8.21. The van der Waals surface area contributed by atoms with E-state index < -0.39 is 6.04 Å². The normalized spacial score (nSPS) is 15.3. The van der Waals surface area contributed by atoms with Crippen molar-refractivity contribution in [3.05, 3.63) is 59.2 Å². The third-order valence-electron chi connectivity index (χ3n) is 7.54. The van der Waals surface area contributed by atoms with Crippen LogP contribution in [0.4, 0.5) is 0 Å². The number of aldehydes is 1. The van der Waals surface area contributed by atoms with Crippen LogP contribution in [-0.4, -0.2) is 47.7 Å². The predicted molar refractivity (Wildman–Crippen MR) is 154 cm³/mol. The Balaban J connectivity index is 1.84. The number of aryl methyl sites for hydroxylation is 1. The quantitative estimate of drug-likeness (QED) is 0.299. The monoisotopic (exact) mass is 508 g/mol. The Bertz CT molecular complexity index is 984. The van der Waals surface area contributed by atoms with E-state index in [2.05, 4.69) is 55.3 Å². The average molecular weight is 509 g/mol. The van der Waals surface area contributed by atoms with Crippen molar-refractivity contribution < 1.29 is 9.59 Å². The van der Waals surface area contributed by atoms with Gasteiger partial charge in [0.05, 0.1) is 6.04 Å². The predicted octanol–water partition coefficient (Wildman–Crippen LogP) is 6.89. The summed E-state index contributed by atoms with van der Waals surface area (Å²) in [7, 11) is 0. The van der Waals surface area contributed by atoms with E-state index in [1.807, 2.05) is 24.5 Å². The number of hydrogen-bond donors (Lipinski definition) is 1. The molecule has 1 fully saturated rings. The van der Waals surface area contributed by atoms with Gasteiger partial charge in [0.15, 0.2) is 0 Å². The van der Waals surface area contributed by atoms with Crippen molar-refractivity contribution in [2.24, 2.45) is 5.92 Å². The van der Waals surface area contributed by atoms with E-state index in [1.54, 1.807) is 11.8 Å². The number of benzene rings is 2. The van der Waals surface area contributed by atoms with Crippen LogP contribution in [-0.2, 0) is 11.3 Å². The van der Waals surface area contributed by atoms with Gasteiger partial charge in [0.2, 0.25) is 0 Å². The minimum atomic E-state index is -0.467. The van der Waals surface area contributed by atoms with Gasteiger partial charge in [-0.2, -0.15) is 11.8 Å². The van der Waals surface area contributed by atoms with Gasteiger partial charge < -0.3 is 10.1 Å². The number of carbonyl (C=O) groups excluding carboxylic acids is 2. The van der Waals surface area contributed by atoms with Crippen molar-refractivity contribution in [1.29, 1.82) is 0 Å². The van der Waals surface area contributed by atoms with Gasteiger partial charge in [0.25, 0.3) is 5.91 Å². The molecule has 0 heterocycles. The Morgan fingerprint density at radius 3 is 2.53 bits per heavy atom. The molecule has 0 aromatic heterocycles. The summed E-state index contributed by atoms with van der Waals surface area (Å²) < 4.78 is 0. The van der Waals surface area contributed by atoms with Gasteiger partial charge >= 0.3 is 0 Å². The summed E-state index contributed by atoms with van der Waals surface area (Å²) in [5.41, 5.74) is 4.98. The minimum Gasteiger partial charge on any atom is -0.342 e. The Kier molecular flexibility index (Phi) is 11.5. The number of nitrogens with one attached hydrogen (secondary N) is 1. The van der Waals surface area contributed by atoms with Crippen LogP contribution in [0, 0.1) is 12.8 Å². The Hall–Kier alpha value is -2.11. The number of carbonyl (C=O) groups is 2. The Morgan fingerprint density at radius 2 is 1.86 bits per heavy atom. The number of rotatable bonds is 13. The molecular formula is C31H44N2O2S. The summed E-state index contributed by atoms with van der Waals surface area (Å²) in [5.74, 6) is 1.51. The van der Waals surface area contributed by atoms with Gasteiger partial charge in [0.1, 0.15) is 6.29 Å². The zero-order chi connectivity index (χ0) is 25.9. The second-order valence-electron chi connectivity index (χ2n) is 10.5. The zero-order valence-electron chi connectivity index (χ0n) is 22.6. The molecule has 2 aromatic carbocycles. The molecule has 36 heavy (non-hydrogen) atoms. The van der Waals surface area contributed by atoms with E-state index in [-0.39, 0.29) is 5.91 Å². The van der Waals surface area contributed by atoms with E-state index in [4.69, 9.17) is 0 Å². The van der Waals surface area contributed by atoms with Crippen LogP contribution in [0.1, 0.15) is 80.3 Å². The molecule has 196 valence electrons. The maximum absolute atomic E-state index is 13.3. The first-order valence-electron chi connectivity index (χ1n) is 13.6. The van der Waals surface area contributed by atoms with Gasteiger partial charge in [-0.1, -0.05) is 62.4 Å². The lowest BCUT2D eigenvalue weighted by Gasteiger charge is -2.30. The second-order valence-corrected chi connectivity index (χ2v) is 11.5. The molecule has 1 aliphatic carbocycles. The van der Waals surface area contributed by atoms with Crippen molar-refractivity contribution in [3.8, 4) is 11.1 Å². The first kappa shape index (κ1) is 28.5.